The minimum atomic E-state index is -0.150. The van der Waals surface area contributed by atoms with Crippen molar-refractivity contribution in [3.8, 4) is 6.07 Å². The Morgan fingerprint density at radius 1 is 1.29 bits per heavy atom. The Hall–Kier alpha value is -2.84. The molecule has 1 heterocycles. The number of guanidine groups is 1. The molecule has 6 heteroatoms. The Morgan fingerprint density at radius 2 is 2.04 bits per heavy atom. The second kappa shape index (κ2) is 6.73. The summed E-state index contributed by atoms with van der Waals surface area (Å²) in [7, 11) is 0. The molecule has 0 radical (unpaired) electrons. The summed E-state index contributed by atoms with van der Waals surface area (Å²) in [6, 6.07) is 14.1. The summed E-state index contributed by atoms with van der Waals surface area (Å²) in [5, 5.41) is 12.6. The number of carbonyl (C=O) groups excluding carboxylic acids is 1. The quantitative estimate of drug-likeness (QED) is 0.913. The number of nitrogens with one attached hydrogen (secondary N) is 1. The van der Waals surface area contributed by atoms with Crippen molar-refractivity contribution in [1.29, 1.82) is 5.26 Å². The van der Waals surface area contributed by atoms with Crippen LogP contribution in [-0.2, 0) is 0 Å². The molecule has 1 N–H and O–H groups in total. The summed E-state index contributed by atoms with van der Waals surface area (Å²) in [4.78, 5) is 18.8. The third-order valence-electron chi connectivity index (χ3n) is 3.85. The molecular weight excluding hydrogens is 324 g/mol. The van der Waals surface area contributed by atoms with Gasteiger partial charge in [0.15, 0.2) is 0 Å². The molecule has 1 aliphatic heterocycles. The molecule has 1 saturated heterocycles. The van der Waals surface area contributed by atoms with Crippen LogP contribution in [0.5, 0.6) is 0 Å². The van der Waals surface area contributed by atoms with Gasteiger partial charge < -0.3 is 5.32 Å². The summed E-state index contributed by atoms with van der Waals surface area (Å²) in [5.41, 5.74) is 2.64. The number of halogens is 1. The first-order chi connectivity index (χ1) is 11.6. The molecule has 0 aliphatic carbocycles. The molecule has 1 aliphatic rings. The lowest BCUT2D eigenvalue weighted by molar-refractivity contribution is 0.0859. The molecule has 120 valence electrons. The van der Waals surface area contributed by atoms with E-state index in [-0.39, 0.29) is 5.91 Å². The summed E-state index contributed by atoms with van der Waals surface area (Å²) in [5.74, 6) is 0.359. The fourth-order valence-corrected chi connectivity index (χ4v) is 2.62. The van der Waals surface area contributed by atoms with Crippen molar-refractivity contribution in [2.45, 2.75) is 6.92 Å². The van der Waals surface area contributed by atoms with Gasteiger partial charge in [-0.15, -0.1) is 0 Å². The van der Waals surface area contributed by atoms with Crippen LogP contribution in [0.1, 0.15) is 21.5 Å². The minimum absolute atomic E-state index is 0.150. The largest absolute Gasteiger partial charge is 0.354 e. The summed E-state index contributed by atoms with van der Waals surface area (Å²) in [6.45, 7) is 3.07. The van der Waals surface area contributed by atoms with Gasteiger partial charge in [0.1, 0.15) is 0 Å². The zero-order valence-electron chi connectivity index (χ0n) is 13.1. The lowest BCUT2D eigenvalue weighted by Gasteiger charge is -2.16. The predicted molar refractivity (Wildman–Crippen MR) is 93.5 cm³/mol. The molecule has 1 fully saturated rings. The fraction of sp³-hybridized carbons (Fsp3) is 0.167. The van der Waals surface area contributed by atoms with Crippen LogP contribution in [0.2, 0.25) is 5.02 Å². The predicted octanol–water partition coefficient (Wildman–Crippen LogP) is 3.25. The van der Waals surface area contributed by atoms with Gasteiger partial charge in [0, 0.05) is 23.7 Å². The van der Waals surface area contributed by atoms with Crippen LogP contribution in [0.15, 0.2) is 47.5 Å². The summed E-state index contributed by atoms with van der Waals surface area (Å²) < 4.78 is 0. The first-order valence-corrected chi connectivity index (χ1v) is 7.87. The van der Waals surface area contributed by atoms with Gasteiger partial charge >= 0.3 is 0 Å². The number of nitrogens with zero attached hydrogens (tertiary/aromatic N) is 3. The third kappa shape index (κ3) is 3.10. The molecule has 0 spiro atoms. The van der Waals surface area contributed by atoms with E-state index in [0.717, 1.165) is 11.3 Å². The van der Waals surface area contributed by atoms with Gasteiger partial charge in [-0.25, -0.2) is 4.99 Å². The lowest BCUT2D eigenvalue weighted by Crippen LogP contribution is -2.35. The Balaban J connectivity index is 1.89. The van der Waals surface area contributed by atoms with E-state index >= 15 is 0 Å². The van der Waals surface area contributed by atoms with Crippen molar-refractivity contribution in [2.24, 2.45) is 4.99 Å². The van der Waals surface area contributed by atoms with Crippen molar-refractivity contribution in [1.82, 2.24) is 10.2 Å². The maximum atomic E-state index is 12.7. The Labute approximate surface area is 145 Å². The monoisotopic (exact) mass is 338 g/mol. The van der Waals surface area contributed by atoms with E-state index in [1.54, 1.807) is 29.2 Å². The van der Waals surface area contributed by atoms with E-state index in [9.17, 15) is 4.79 Å². The van der Waals surface area contributed by atoms with Gasteiger partial charge in [0.25, 0.3) is 5.91 Å². The smallest absolute Gasteiger partial charge is 0.260 e. The average molecular weight is 339 g/mol. The Morgan fingerprint density at radius 3 is 2.75 bits per heavy atom. The normalized spacial score (nSPS) is 15.2. The first-order valence-electron chi connectivity index (χ1n) is 7.50. The molecule has 0 atom stereocenters. The molecule has 0 bridgehead atoms. The molecule has 5 nitrogen and oxygen atoms in total. The van der Waals surface area contributed by atoms with Gasteiger partial charge in [0.2, 0.25) is 5.96 Å². The van der Waals surface area contributed by atoms with E-state index in [2.05, 4.69) is 10.3 Å². The van der Waals surface area contributed by atoms with Crippen molar-refractivity contribution in [3.63, 3.8) is 0 Å². The molecular formula is C18H15ClN4O. The SMILES string of the molecule is Cc1c(Cl)cccc1N=C1NCCN1C(=O)c1ccc(C#N)cc1. The molecule has 24 heavy (non-hydrogen) atoms. The lowest BCUT2D eigenvalue weighted by atomic mass is 10.1. The number of amides is 1. The highest BCUT2D eigenvalue weighted by molar-refractivity contribution is 6.31. The molecule has 0 unspecified atom stereocenters. The van der Waals surface area contributed by atoms with Crippen LogP contribution in [0, 0.1) is 18.3 Å². The summed E-state index contributed by atoms with van der Waals surface area (Å²) in [6.07, 6.45) is 0. The van der Waals surface area contributed by atoms with E-state index in [1.165, 1.54) is 0 Å². The van der Waals surface area contributed by atoms with Crippen LogP contribution in [-0.4, -0.2) is 29.9 Å². The molecule has 0 aromatic heterocycles. The van der Waals surface area contributed by atoms with Crippen molar-refractivity contribution >= 4 is 29.2 Å². The molecule has 3 rings (SSSR count). The summed E-state index contributed by atoms with van der Waals surface area (Å²) >= 11 is 6.13. The number of aliphatic imine (C=N–C) groups is 1. The minimum Gasteiger partial charge on any atom is -0.354 e. The highest BCUT2D eigenvalue weighted by atomic mass is 35.5. The molecule has 2 aromatic rings. The van der Waals surface area contributed by atoms with Gasteiger partial charge in [-0.2, -0.15) is 5.26 Å². The average Bonchev–Trinajstić information content (AvgIpc) is 3.06. The van der Waals surface area contributed by atoms with Crippen LogP contribution in [0.4, 0.5) is 5.69 Å². The molecule has 0 saturated carbocycles. The maximum Gasteiger partial charge on any atom is 0.260 e. The van der Waals surface area contributed by atoms with Crippen molar-refractivity contribution in [2.75, 3.05) is 13.1 Å². The standard InChI is InChI=1S/C18H15ClN4O/c1-12-15(19)3-2-4-16(12)22-18-21-9-10-23(18)17(24)14-7-5-13(11-20)6-8-14/h2-8H,9-10H2,1H3,(H,21,22). The maximum absolute atomic E-state index is 12.7. The number of hydrogen-bond donors (Lipinski definition) is 1. The van der Waals surface area contributed by atoms with E-state index in [0.29, 0.717) is 35.2 Å². The number of nitriles is 1. The van der Waals surface area contributed by atoms with E-state index < -0.39 is 0 Å². The second-order valence-corrected chi connectivity index (χ2v) is 5.80. The van der Waals surface area contributed by atoms with Crippen LogP contribution < -0.4 is 5.32 Å². The molecule has 2 aromatic carbocycles. The highest BCUT2D eigenvalue weighted by Gasteiger charge is 2.26. The van der Waals surface area contributed by atoms with Crippen LogP contribution >= 0.6 is 11.6 Å². The van der Waals surface area contributed by atoms with Crippen molar-refractivity contribution < 1.29 is 4.79 Å². The first kappa shape index (κ1) is 16.0. The van der Waals surface area contributed by atoms with E-state index in [4.69, 9.17) is 16.9 Å². The van der Waals surface area contributed by atoms with Crippen LogP contribution in [0.25, 0.3) is 0 Å². The molecule has 1 amide bonds. The highest BCUT2D eigenvalue weighted by Crippen LogP contribution is 2.26. The number of carbonyl (C=O) groups is 1. The fourth-order valence-electron chi connectivity index (χ4n) is 2.45. The Bertz CT molecular complexity index is 852. The zero-order chi connectivity index (χ0) is 17.1. The second-order valence-electron chi connectivity index (χ2n) is 5.39. The zero-order valence-corrected chi connectivity index (χ0v) is 13.8. The van der Waals surface area contributed by atoms with Crippen molar-refractivity contribution in [3.05, 3.63) is 64.2 Å². The topological polar surface area (TPSA) is 68.5 Å². The van der Waals surface area contributed by atoms with Gasteiger partial charge in [0.05, 0.1) is 17.3 Å². The van der Waals surface area contributed by atoms with Gasteiger partial charge in [-0.05, 0) is 48.9 Å². The third-order valence-corrected chi connectivity index (χ3v) is 4.26. The number of rotatable bonds is 2. The Kier molecular flexibility index (Phi) is 4.50. The van der Waals surface area contributed by atoms with E-state index in [1.807, 2.05) is 31.2 Å². The number of hydrogen-bond acceptors (Lipinski definition) is 3. The van der Waals surface area contributed by atoms with Gasteiger partial charge in [-0.1, -0.05) is 17.7 Å². The number of benzene rings is 2. The van der Waals surface area contributed by atoms with Gasteiger partial charge in [-0.3, -0.25) is 9.69 Å². The van der Waals surface area contributed by atoms with Crippen LogP contribution in [0.3, 0.4) is 0 Å².